The second-order valence-corrected chi connectivity index (χ2v) is 5.31. The van der Waals surface area contributed by atoms with Gasteiger partial charge in [-0.2, -0.15) is 0 Å². The van der Waals surface area contributed by atoms with E-state index in [0.29, 0.717) is 12.1 Å². The first-order valence-corrected chi connectivity index (χ1v) is 6.86. The van der Waals surface area contributed by atoms with Crippen LogP contribution in [0.2, 0.25) is 0 Å². The van der Waals surface area contributed by atoms with E-state index < -0.39 is 0 Å². The van der Waals surface area contributed by atoms with E-state index in [1.54, 1.807) is 0 Å². The van der Waals surface area contributed by atoms with Crippen molar-refractivity contribution in [3.8, 4) is 0 Å². The van der Waals surface area contributed by atoms with Crippen molar-refractivity contribution in [2.75, 3.05) is 26.7 Å². The maximum absolute atomic E-state index is 5.99. The summed E-state index contributed by atoms with van der Waals surface area (Å²) < 4.78 is 8.19. The second-order valence-electron chi connectivity index (χ2n) is 5.31. The summed E-state index contributed by atoms with van der Waals surface area (Å²) in [6, 6.07) is 0.681. The number of hydrogen-bond donors (Lipinski definition) is 1. The Bertz CT molecular complexity index is 392. The van der Waals surface area contributed by atoms with Gasteiger partial charge < -0.3 is 14.6 Å². The first-order valence-electron chi connectivity index (χ1n) is 6.86. The van der Waals surface area contributed by atoms with Gasteiger partial charge in [-0.3, -0.25) is 4.90 Å². The van der Waals surface area contributed by atoms with Crippen molar-refractivity contribution in [3.05, 3.63) is 18.2 Å². The lowest BCUT2D eigenvalue weighted by molar-refractivity contribution is -0.0554. The Balaban J connectivity index is 1.60. The van der Waals surface area contributed by atoms with Crippen molar-refractivity contribution in [3.63, 3.8) is 0 Å². The fraction of sp³-hybridized carbons (Fsp3) is 0.769. The summed E-state index contributed by atoms with van der Waals surface area (Å²) in [5.74, 6) is 0. The van der Waals surface area contributed by atoms with Crippen molar-refractivity contribution in [1.29, 1.82) is 0 Å². The summed E-state index contributed by atoms with van der Waals surface area (Å²) in [6.07, 6.45) is 6.79. The highest BCUT2D eigenvalue weighted by Crippen LogP contribution is 2.23. The average molecular weight is 250 g/mol. The Kier molecular flexibility index (Phi) is 3.63. The molecular formula is C13H22N4O. The second kappa shape index (κ2) is 5.38. The molecular weight excluding hydrogens is 228 g/mol. The fourth-order valence-corrected chi connectivity index (χ4v) is 3.06. The fourth-order valence-electron chi connectivity index (χ4n) is 3.06. The van der Waals surface area contributed by atoms with Crippen LogP contribution in [0.5, 0.6) is 0 Å². The van der Waals surface area contributed by atoms with Crippen molar-refractivity contribution in [2.45, 2.75) is 38.1 Å². The van der Waals surface area contributed by atoms with E-state index in [1.807, 2.05) is 19.6 Å². The monoisotopic (exact) mass is 250 g/mol. The number of rotatable bonds is 4. The Morgan fingerprint density at radius 1 is 1.56 bits per heavy atom. The summed E-state index contributed by atoms with van der Waals surface area (Å²) in [6.45, 7) is 5.00. The molecule has 5 heteroatoms. The predicted molar refractivity (Wildman–Crippen MR) is 69.3 cm³/mol. The highest BCUT2D eigenvalue weighted by molar-refractivity contribution is 4.98. The van der Waals surface area contributed by atoms with Gasteiger partial charge in [0.1, 0.15) is 0 Å². The van der Waals surface area contributed by atoms with Crippen molar-refractivity contribution in [2.24, 2.45) is 0 Å². The van der Waals surface area contributed by atoms with E-state index in [2.05, 4.69) is 19.8 Å². The quantitative estimate of drug-likeness (QED) is 0.843. The van der Waals surface area contributed by atoms with Crippen molar-refractivity contribution in [1.82, 2.24) is 19.8 Å². The third kappa shape index (κ3) is 2.43. The Labute approximate surface area is 108 Å². The molecule has 1 aromatic rings. The molecule has 5 nitrogen and oxygen atoms in total. The van der Waals surface area contributed by atoms with Crippen LogP contribution in [-0.4, -0.2) is 53.3 Å². The third-order valence-electron chi connectivity index (χ3n) is 4.02. The Morgan fingerprint density at radius 2 is 2.50 bits per heavy atom. The van der Waals surface area contributed by atoms with Crippen LogP contribution in [0.4, 0.5) is 0 Å². The summed E-state index contributed by atoms with van der Waals surface area (Å²) in [4.78, 5) is 6.81. The van der Waals surface area contributed by atoms with E-state index in [9.17, 15) is 0 Å². The number of ether oxygens (including phenoxy) is 1. The first kappa shape index (κ1) is 12.1. The predicted octanol–water partition coefficient (Wildman–Crippen LogP) is 0.466. The van der Waals surface area contributed by atoms with Gasteiger partial charge in [-0.15, -0.1) is 0 Å². The zero-order valence-electron chi connectivity index (χ0n) is 11.0. The minimum atomic E-state index is 0.309. The lowest BCUT2D eigenvalue weighted by Gasteiger charge is -2.35. The average Bonchev–Trinajstić information content (AvgIpc) is 2.99. The van der Waals surface area contributed by atoms with Gasteiger partial charge in [0.15, 0.2) is 0 Å². The molecule has 0 radical (unpaired) electrons. The molecule has 0 spiro atoms. The molecule has 0 saturated carbocycles. The molecule has 1 aromatic heterocycles. The molecule has 2 aliphatic rings. The Morgan fingerprint density at radius 3 is 3.39 bits per heavy atom. The van der Waals surface area contributed by atoms with E-state index >= 15 is 0 Å². The van der Waals surface area contributed by atoms with Crippen LogP contribution in [-0.2, 0) is 17.8 Å². The molecule has 100 valence electrons. The molecule has 2 atom stereocenters. The van der Waals surface area contributed by atoms with Gasteiger partial charge in [0.05, 0.1) is 31.3 Å². The largest absolute Gasteiger partial charge is 0.373 e. The maximum Gasteiger partial charge on any atom is 0.0949 e. The summed E-state index contributed by atoms with van der Waals surface area (Å²) in [5, 5.41) is 3.17. The summed E-state index contributed by atoms with van der Waals surface area (Å²) in [5.41, 5.74) is 1.23. The molecule has 2 unspecified atom stereocenters. The minimum Gasteiger partial charge on any atom is -0.373 e. The van der Waals surface area contributed by atoms with Gasteiger partial charge in [0.25, 0.3) is 0 Å². The number of hydrogen-bond acceptors (Lipinski definition) is 4. The maximum atomic E-state index is 5.99. The minimum absolute atomic E-state index is 0.309. The summed E-state index contributed by atoms with van der Waals surface area (Å²) >= 11 is 0. The molecule has 0 bridgehead atoms. The lowest BCUT2D eigenvalue weighted by atomic mass is 10.2. The smallest absolute Gasteiger partial charge is 0.0949 e. The van der Waals surface area contributed by atoms with E-state index in [0.717, 1.165) is 26.2 Å². The molecule has 1 N–H and O–H groups in total. The van der Waals surface area contributed by atoms with Crippen LogP contribution in [0.1, 0.15) is 18.5 Å². The zero-order valence-corrected chi connectivity index (χ0v) is 11.0. The highest BCUT2D eigenvalue weighted by Gasteiger charge is 2.32. The van der Waals surface area contributed by atoms with Gasteiger partial charge in [0.2, 0.25) is 0 Å². The van der Waals surface area contributed by atoms with E-state index in [-0.39, 0.29) is 0 Å². The van der Waals surface area contributed by atoms with Crippen LogP contribution >= 0.6 is 0 Å². The van der Waals surface area contributed by atoms with Crippen molar-refractivity contribution >= 4 is 0 Å². The molecule has 18 heavy (non-hydrogen) atoms. The molecule has 2 aliphatic heterocycles. The topological polar surface area (TPSA) is 42.3 Å². The number of imidazole rings is 1. The molecule has 0 aromatic carbocycles. The SMILES string of the molecule is CNCc1cncn1CC1CN2CCCC2CO1. The van der Waals surface area contributed by atoms with E-state index in [4.69, 9.17) is 4.74 Å². The molecule has 3 rings (SSSR count). The standard InChI is InChI=1S/C13H22N4O/c1-14-5-12-6-15-10-17(12)8-13-7-16-4-2-3-11(16)9-18-13/h6,10-11,13-14H,2-5,7-9H2,1H3. The third-order valence-corrected chi connectivity index (χ3v) is 4.02. The van der Waals surface area contributed by atoms with Crippen molar-refractivity contribution < 1.29 is 4.74 Å². The van der Waals surface area contributed by atoms with Crippen LogP contribution in [0.3, 0.4) is 0 Å². The molecule has 2 fully saturated rings. The number of fused-ring (bicyclic) bond motifs is 1. The van der Waals surface area contributed by atoms with Crippen LogP contribution in [0.15, 0.2) is 12.5 Å². The number of aromatic nitrogens is 2. The number of morpholine rings is 1. The van der Waals surface area contributed by atoms with Crippen LogP contribution in [0.25, 0.3) is 0 Å². The molecule has 0 aliphatic carbocycles. The molecule has 3 heterocycles. The van der Waals surface area contributed by atoms with Gasteiger partial charge in [-0.25, -0.2) is 4.98 Å². The van der Waals surface area contributed by atoms with Crippen LogP contribution < -0.4 is 5.32 Å². The van der Waals surface area contributed by atoms with Gasteiger partial charge in [-0.1, -0.05) is 0 Å². The first-order chi connectivity index (χ1) is 8.86. The lowest BCUT2D eigenvalue weighted by Crippen LogP contribution is -2.47. The Hall–Kier alpha value is -0.910. The summed E-state index contributed by atoms with van der Waals surface area (Å²) in [7, 11) is 1.96. The molecule has 0 amide bonds. The van der Waals surface area contributed by atoms with E-state index in [1.165, 1.54) is 25.1 Å². The highest BCUT2D eigenvalue weighted by atomic mass is 16.5. The zero-order chi connectivity index (χ0) is 12.4. The molecule has 2 saturated heterocycles. The number of nitrogens with zero attached hydrogens (tertiary/aromatic N) is 3. The van der Waals surface area contributed by atoms with Gasteiger partial charge >= 0.3 is 0 Å². The van der Waals surface area contributed by atoms with Gasteiger partial charge in [0, 0.05) is 25.3 Å². The van der Waals surface area contributed by atoms with Gasteiger partial charge in [-0.05, 0) is 26.4 Å². The number of nitrogens with one attached hydrogen (secondary N) is 1. The van der Waals surface area contributed by atoms with Crippen LogP contribution in [0, 0.1) is 0 Å². The normalized spacial score (nSPS) is 28.5.